The molecule has 24 heavy (non-hydrogen) atoms. The summed E-state index contributed by atoms with van der Waals surface area (Å²) in [5.41, 5.74) is -0.444. The first kappa shape index (κ1) is 18.7. The zero-order valence-corrected chi connectivity index (χ0v) is 16.2. The van der Waals surface area contributed by atoms with Crippen LogP contribution in [0.5, 0.6) is 0 Å². The summed E-state index contributed by atoms with van der Waals surface area (Å²) in [6.07, 6.45) is 6.27. The van der Waals surface area contributed by atoms with Gasteiger partial charge in [-0.25, -0.2) is 4.79 Å². The number of rotatable bonds is 3. The lowest BCUT2D eigenvalue weighted by molar-refractivity contribution is 0.0112. The monoisotopic (exact) mass is 350 g/mol. The van der Waals surface area contributed by atoms with Gasteiger partial charge in [-0.15, -0.1) is 6.42 Å². The lowest BCUT2D eigenvalue weighted by atomic mass is 10.2. The Kier molecular flexibility index (Phi) is 4.95. The molecule has 1 N–H and O–H groups in total. The largest absolute Gasteiger partial charge is 0.410 e. The summed E-state index contributed by atoms with van der Waals surface area (Å²) in [6, 6.07) is 0. The fraction of sp³-hybridized carbons (Fsp3) is 0.647. The minimum absolute atomic E-state index is 0.0512. The Bertz CT molecular complexity index is 767. The van der Waals surface area contributed by atoms with E-state index in [-0.39, 0.29) is 11.1 Å². The fourth-order valence-electron chi connectivity index (χ4n) is 2.43. The highest BCUT2D eigenvalue weighted by molar-refractivity contribution is 6.74. The van der Waals surface area contributed by atoms with Crippen molar-refractivity contribution in [1.29, 1.82) is 0 Å². The van der Waals surface area contributed by atoms with E-state index in [1.807, 2.05) is 0 Å². The number of nitrogens with zero attached hydrogens (tertiary/aromatic N) is 1. The van der Waals surface area contributed by atoms with Crippen LogP contribution in [0.25, 0.3) is 0 Å². The predicted molar refractivity (Wildman–Crippen MR) is 95.5 cm³/mol. The van der Waals surface area contributed by atoms with Crippen LogP contribution in [0, 0.1) is 19.3 Å². The molecule has 1 aromatic rings. The van der Waals surface area contributed by atoms with E-state index in [1.165, 1.54) is 10.8 Å². The first-order valence-corrected chi connectivity index (χ1v) is 11.0. The van der Waals surface area contributed by atoms with Crippen molar-refractivity contribution in [3.63, 3.8) is 0 Å². The summed E-state index contributed by atoms with van der Waals surface area (Å²) in [5.74, 6) is 2.62. The molecule has 6 nitrogen and oxygen atoms in total. The van der Waals surface area contributed by atoms with E-state index < -0.39 is 31.9 Å². The highest BCUT2D eigenvalue weighted by Crippen LogP contribution is 2.40. The first-order valence-electron chi connectivity index (χ1n) is 8.08. The zero-order valence-electron chi connectivity index (χ0n) is 15.2. The number of H-pyrrole nitrogens is 1. The van der Waals surface area contributed by atoms with Crippen molar-refractivity contribution < 1.29 is 9.16 Å². The molecule has 132 valence electrons. The highest BCUT2D eigenvalue weighted by atomic mass is 28.4. The Balaban J connectivity index is 2.28. The number of terminal acetylenes is 1. The van der Waals surface area contributed by atoms with Gasteiger partial charge in [0.15, 0.2) is 8.32 Å². The highest BCUT2D eigenvalue weighted by Gasteiger charge is 2.44. The number of ether oxygens (including phenoxy) is 1. The number of aromatic nitrogens is 2. The van der Waals surface area contributed by atoms with Crippen molar-refractivity contribution in [2.24, 2.45) is 0 Å². The molecule has 2 heterocycles. The van der Waals surface area contributed by atoms with Crippen LogP contribution < -0.4 is 11.2 Å². The minimum atomic E-state index is -2.01. The van der Waals surface area contributed by atoms with Gasteiger partial charge in [-0.05, 0) is 25.1 Å². The maximum Gasteiger partial charge on any atom is 0.330 e. The predicted octanol–water partition coefficient (Wildman–Crippen LogP) is 2.16. The summed E-state index contributed by atoms with van der Waals surface area (Å²) < 4.78 is 13.6. The summed E-state index contributed by atoms with van der Waals surface area (Å²) in [7, 11) is -2.01. The van der Waals surface area contributed by atoms with Crippen LogP contribution >= 0.6 is 0 Å². The molecule has 0 amide bonds. The van der Waals surface area contributed by atoms with Gasteiger partial charge in [0.2, 0.25) is 0 Å². The molecule has 7 heteroatoms. The smallest absolute Gasteiger partial charge is 0.330 e. The third kappa shape index (κ3) is 3.56. The molecular weight excluding hydrogens is 324 g/mol. The lowest BCUT2D eigenvalue weighted by Crippen LogP contribution is -2.45. The van der Waals surface area contributed by atoms with Gasteiger partial charge in [-0.1, -0.05) is 26.7 Å². The molecule has 1 saturated heterocycles. The van der Waals surface area contributed by atoms with E-state index in [9.17, 15) is 9.59 Å². The molecular formula is C17H26N2O4Si. The van der Waals surface area contributed by atoms with Gasteiger partial charge in [0.25, 0.3) is 5.56 Å². The second-order valence-corrected chi connectivity index (χ2v) is 12.6. The lowest BCUT2D eigenvalue weighted by Gasteiger charge is -2.38. The maximum absolute atomic E-state index is 12.1. The maximum atomic E-state index is 12.1. The summed E-state index contributed by atoms with van der Waals surface area (Å²) >= 11 is 0. The second kappa shape index (κ2) is 6.35. The van der Waals surface area contributed by atoms with E-state index >= 15 is 0 Å². The average molecular weight is 350 g/mol. The number of aryl methyl sites for hydroxylation is 1. The van der Waals surface area contributed by atoms with Crippen molar-refractivity contribution >= 4 is 8.32 Å². The molecule has 1 aliphatic heterocycles. The number of hydrogen-bond donors (Lipinski definition) is 1. The van der Waals surface area contributed by atoms with Gasteiger partial charge in [-0.2, -0.15) is 0 Å². The zero-order chi connectivity index (χ0) is 18.3. The summed E-state index contributed by atoms with van der Waals surface area (Å²) in [5, 5.41) is 0.0512. The number of nitrogens with one attached hydrogen (secondary N) is 1. The SMILES string of the molecule is C#C[C@H]1O[C@@H](n2cc(C)c(=O)[nH]c2=O)C[C@@H]1O[Si](C)(C)C(C)(C)C. The van der Waals surface area contributed by atoms with Gasteiger partial charge in [0.05, 0.1) is 6.10 Å². The average Bonchev–Trinajstić information content (AvgIpc) is 2.83. The standard InChI is InChI=1S/C17H26N2O4Si/c1-8-12-13(23-24(6,7)17(3,4)5)9-14(22-12)19-10-11(2)15(20)18-16(19)21/h1,10,12-14H,9H2,2-7H3,(H,18,20,21)/t12-,13+,14-/m1/s1. The third-order valence-corrected chi connectivity index (χ3v) is 9.45. The first-order chi connectivity index (χ1) is 11.0. The van der Waals surface area contributed by atoms with Crippen molar-refractivity contribution in [2.75, 3.05) is 0 Å². The Hall–Kier alpha value is -1.62. The molecule has 3 atom stereocenters. The van der Waals surface area contributed by atoms with Gasteiger partial charge >= 0.3 is 5.69 Å². The molecule has 0 spiro atoms. The molecule has 0 aromatic carbocycles. The molecule has 1 aliphatic rings. The van der Waals surface area contributed by atoms with Crippen molar-refractivity contribution in [3.8, 4) is 12.3 Å². The second-order valence-electron chi connectivity index (χ2n) is 7.81. The molecule has 0 radical (unpaired) electrons. The van der Waals surface area contributed by atoms with E-state index in [2.05, 4.69) is 44.8 Å². The molecule has 0 unspecified atom stereocenters. The van der Waals surface area contributed by atoms with Crippen molar-refractivity contribution in [3.05, 3.63) is 32.6 Å². The van der Waals surface area contributed by atoms with Gasteiger partial charge < -0.3 is 9.16 Å². The van der Waals surface area contributed by atoms with Crippen LogP contribution in [-0.2, 0) is 9.16 Å². The fourth-order valence-corrected chi connectivity index (χ4v) is 3.76. The summed E-state index contributed by atoms with van der Waals surface area (Å²) in [6.45, 7) is 12.4. The van der Waals surface area contributed by atoms with Crippen molar-refractivity contribution in [2.45, 2.75) is 70.7 Å². The van der Waals surface area contributed by atoms with Crippen LogP contribution in [0.4, 0.5) is 0 Å². The topological polar surface area (TPSA) is 73.3 Å². The van der Waals surface area contributed by atoms with E-state index in [1.54, 1.807) is 6.92 Å². The van der Waals surface area contributed by atoms with Crippen LogP contribution in [0.3, 0.4) is 0 Å². The van der Waals surface area contributed by atoms with E-state index in [4.69, 9.17) is 15.6 Å². The summed E-state index contributed by atoms with van der Waals surface area (Å²) in [4.78, 5) is 25.9. The van der Waals surface area contributed by atoms with Crippen LogP contribution in [0.1, 0.15) is 39.0 Å². The Morgan fingerprint density at radius 2 is 2.04 bits per heavy atom. The Morgan fingerprint density at radius 3 is 2.58 bits per heavy atom. The molecule has 0 aliphatic carbocycles. The number of aromatic amines is 1. The number of hydrogen-bond acceptors (Lipinski definition) is 4. The van der Waals surface area contributed by atoms with Crippen molar-refractivity contribution in [1.82, 2.24) is 9.55 Å². The van der Waals surface area contributed by atoms with Crippen LogP contribution in [0.2, 0.25) is 18.1 Å². The van der Waals surface area contributed by atoms with Crippen LogP contribution in [0.15, 0.2) is 15.8 Å². The molecule has 1 fully saturated rings. The Labute approximate surface area is 143 Å². The minimum Gasteiger partial charge on any atom is -0.410 e. The molecule has 0 saturated carbocycles. The van der Waals surface area contributed by atoms with E-state index in [0.29, 0.717) is 12.0 Å². The van der Waals surface area contributed by atoms with E-state index in [0.717, 1.165) is 0 Å². The van der Waals surface area contributed by atoms with Gasteiger partial charge in [-0.3, -0.25) is 14.3 Å². The van der Waals surface area contributed by atoms with Gasteiger partial charge in [0, 0.05) is 18.2 Å². The molecule has 0 bridgehead atoms. The third-order valence-electron chi connectivity index (χ3n) is 4.95. The molecule has 2 rings (SSSR count). The van der Waals surface area contributed by atoms with Crippen LogP contribution in [-0.4, -0.2) is 30.1 Å². The normalized spacial score (nSPS) is 24.8. The Morgan fingerprint density at radius 1 is 1.42 bits per heavy atom. The quantitative estimate of drug-likeness (QED) is 0.670. The molecule has 1 aromatic heterocycles. The van der Waals surface area contributed by atoms with Gasteiger partial charge in [0.1, 0.15) is 12.3 Å².